The van der Waals surface area contributed by atoms with E-state index in [0.29, 0.717) is 28.2 Å². The first kappa shape index (κ1) is 47.5. The van der Waals surface area contributed by atoms with Crippen molar-refractivity contribution in [2.45, 2.75) is 34.2 Å². The first-order valence-corrected chi connectivity index (χ1v) is 19.7. The molecule has 28 heteroatoms. The van der Waals surface area contributed by atoms with Crippen LogP contribution in [0.2, 0.25) is 0 Å². The van der Waals surface area contributed by atoms with Gasteiger partial charge in [-0.3, -0.25) is 4.55 Å². The van der Waals surface area contributed by atoms with Gasteiger partial charge in [0.15, 0.2) is 0 Å². The van der Waals surface area contributed by atoms with E-state index < -0.39 is 65.9 Å². The highest BCUT2D eigenvalue weighted by Gasteiger charge is 2.18. The summed E-state index contributed by atoms with van der Waals surface area (Å²) in [6.45, 7) is -2.70. The van der Waals surface area contributed by atoms with E-state index in [1.54, 1.807) is 12.1 Å². The second-order valence-corrected chi connectivity index (χ2v) is 14.4. The van der Waals surface area contributed by atoms with Gasteiger partial charge in [0.2, 0.25) is 35.7 Å². The molecule has 4 unspecified atom stereocenters. The summed E-state index contributed by atoms with van der Waals surface area (Å²) in [4.78, 5) is 24.8. The predicted molar refractivity (Wildman–Crippen MR) is 215 cm³/mol. The van der Waals surface area contributed by atoms with Gasteiger partial charge in [0.25, 0.3) is 10.1 Å². The van der Waals surface area contributed by atoms with Crippen molar-refractivity contribution in [1.29, 1.82) is 0 Å². The molecular weight excluding hydrogens is 841 g/mol. The van der Waals surface area contributed by atoms with Crippen molar-refractivity contribution in [1.82, 2.24) is 29.9 Å². The molecule has 4 atom stereocenters. The van der Waals surface area contributed by atoms with Crippen LogP contribution in [0.1, 0.15) is 11.1 Å². The second kappa shape index (κ2) is 23.6. The molecule has 2 aromatic carbocycles. The number of aliphatic hydroxyl groups excluding tert-OH is 8. The van der Waals surface area contributed by atoms with Crippen molar-refractivity contribution in [2.24, 2.45) is 0 Å². The summed E-state index contributed by atoms with van der Waals surface area (Å²) >= 11 is 0.565. The van der Waals surface area contributed by atoms with E-state index in [2.05, 4.69) is 71.2 Å². The van der Waals surface area contributed by atoms with E-state index in [0.717, 1.165) is 6.07 Å². The zero-order valence-corrected chi connectivity index (χ0v) is 32.8. The number of hydrogen-bond donors (Lipinski definition) is 16. The maximum Gasteiger partial charge on any atom is 0.295 e. The number of aromatic nitrogens is 6. The standard InChI is InChI=1S/C32H44N12O14S2/c45-13-21(49)9-33-27-39-28(34-10-22(50)14-46)42-31(41-27)37-19-5-3-17(25(7-19)59-58-57-53)1-2-18-4-6-20(8-26(18)60(54,55)56)38-32-43-29(35-11-23(51)15-47)40-30(44-32)36-12-24(52)16-48/h1-8,21-24,45-53H,9-16H2,(H,54,55,56)(H3,33,34,37,39,41,42)(H3,35,36,38,40,43,44). The smallest absolute Gasteiger partial charge is 0.295 e. The Morgan fingerprint density at radius 3 is 1.33 bits per heavy atom. The van der Waals surface area contributed by atoms with Crippen LogP contribution >= 0.6 is 12.0 Å². The van der Waals surface area contributed by atoms with E-state index in [4.69, 9.17) is 25.7 Å². The highest BCUT2D eigenvalue weighted by atomic mass is 32.2. The fourth-order valence-corrected chi connectivity index (χ4v) is 5.78. The van der Waals surface area contributed by atoms with Gasteiger partial charge in [-0.05, 0) is 35.4 Å². The van der Waals surface area contributed by atoms with Gasteiger partial charge < -0.3 is 72.8 Å². The minimum absolute atomic E-state index is 0.0233. The normalized spacial score (nSPS) is 13.7. The predicted octanol–water partition coefficient (Wildman–Crippen LogP) is -1.55. The molecular formula is C32H44N12O14S2. The van der Waals surface area contributed by atoms with Crippen LogP contribution in [0.3, 0.4) is 0 Å². The molecule has 4 aromatic rings. The summed E-state index contributed by atoms with van der Waals surface area (Å²) in [6, 6.07) is 8.58. The maximum atomic E-state index is 12.6. The summed E-state index contributed by atoms with van der Waals surface area (Å²) in [7, 11) is -4.85. The van der Waals surface area contributed by atoms with E-state index in [1.807, 2.05) is 0 Å². The number of hydrogen-bond acceptors (Lipinski definition) is 26. The Morgan fingerprint density at radius 1 is 0.583 bits per heavy atom. The number of anilines is 8. The highest BCUT2D eigenvalue weighted by molar-refractivity contribution is 7.94. The molecule has 0 saturated carbocycles. The Labute approximate surface area is 345 Å². The number of rotatable bonds is 26. The molecule has 0 amide bonds. The monoisotopic (exact) mass is 884 g/mol. The maximum absolute atomic E-state index is 12.6. The Morgan fingerprint density at radius 2 is 0.950 bits per heavy atom. The molecule has 2 heterocycles. The quantitative estimate of drug-likeness (QED) is 0.0112. The van der Waals surface area contributed by atoms with Crippen LogP contribution < -0.4 is 31.9 Å². The number of aliphatic hydroxyl groups is 8. The molecule has 0 aliphatic heterocycles. The fourth-order valence-electron chi connectivity index (χ4n) is 4.56. The molecule has 0 aliphatic rings. The van der Waals surface area contributed by atoms with Crippen LogP contribution in [0.15, 0.2) is 46.2 Å². The van der Waals surface area contributed by atoms with E-state index in [9.17, 15) is 33.4 Å². The van der Waals surface area contributed by atoms with Gasteiger partial charge in [0.1, 0.15) is 4.90 Å². The molecule has 0 spiro atoms. The molecule has 26 nitrogen and oxygen atoms in total. The van der Waals surface area contributed by atoms with Crippen LogP contribution in [-0.2, 0) is 19.5 Å². The van der Waals surface area contributed by atoms with Crippen molar-refractivity contribution in [2.75, 3.05) is 84.5 Å². The summed E-state index contributed by atoms with van der Waals surface area (Å²) in [5.74, 6) is -0.383. The average Bonchev–Trinajstić information content (AvgIpc) is 3.24. The van der Waals surface area contributed by atoms with Crippen LogP contribution in [0, 0.1) is 0 Å². The van der Waals surface area contributed by atoms with E-state index >= 15 is 0 Å². The summed E-state index contributed by atoms with van der Waals surface area (Å²) in [6.07, 6.45) is -1.72. The van der Waals surface area contributed by atoms with Gasteiger partial charge >= 0.3 is 0 Å². The zero-order valence-electron chi connectivity index (χ0n) is 31.2. The van der Waals surface area contributed by atoms with Crippen LogP contribution in [0.5, 0.6) is 0 Å². The SMILES string of the molecule is O=S(=O)(O)c1cc(Nc2nc(NCC(O)CO)nc(NCC(O)CO)n2)ccc1C=Cc1ccc(Nc2nc(NCC(O)CO)nc(NCC(O)CO)n2)cc1SOOO. The fraction of sp³-hybridized carbons (Fsp3) is 0.375. The van der Waals surface area contributed by atoms with Crippen molar-refractivity contribution >= 4 is 81.4 Å². The van der Waals surface area contributed by atoms with Gasteiger partial charge in [-0.15, -0.1) is 4.33 Å². The third-order valence-corrected chi connectivity index (χ3v) is 9.08. The highest BCUT2D eigenvalue weighted by Crippen LogP contribution is 2.31. The average molecular weight is 885 g/mol. The molecule has 0 fully saturated rings. The largest absolute Gasteiger partial charge is 0.394 e. The lowest BCUT2D eigenvalue weighted by Crippen LogP contribution is -2.26. The van der Waals surface area contributed by atoms with Crippen LogP contribution in [0.4, 0.5) is 47.1 Å². The zero-order chi connectivity index (χ0) is 43.7. The Hall–Kier alpha value is -5.18. The van der Waals surface area contributed by atoms with Gasteiger partial charge in [0.05, 0.1) is 62.9 Å². The van der Waals surface area contributed by atoms with Crippen molar-refractivity contribution < 1.29 is 68.5 Å². The van der Waals surface area contributed by atoms with Gasteiger partial charge in [0, 0.05) is 42.4 Å². The van der Waals surface area contributed by atoms with E-state index in [1.165, 1.54) is 30.4 Å². The summed E-state index contributed by atoms with van der Waals surface area (Å²) in [5, 5.41) is 105. The summed E-state index contributed by atoms with van der Waals surface area (Å²) < 4.78 is 40.0. The molecule has 0 saturated heterocycles. The molecule has 0 bridgehead atoms. The molecule has 16 N–H and O–H groups in total. The molecule has 0 aliphatic carbocycles. The first-order chi connectivity index (χ1) is 28.7. The molecule has 2 aromatic heterocycles. The number of nitrogens with zero attached hydrogens (tertiary/aromatic N) is 6. The molecule has 60 heavy (non-hydrogen) atoms. The van der Waals surface area contributed by atoms with Gasteiger partial charge in [-0.2, -0.15) is 38.3 Å². The molecule has 328 valence electrons. The minimum Gasteiger partial charge on any atom is -0.394 e. The Bertz CT molecular complexity index is 2060. The first-order valence-electron chi connectivity index (χ1n) is 17.5. The molecule has 0 radical (unpaired) electrons. The van der Waals surface area contributed by atoms with Crippen LogP contribution in [-0.4, -0.2) is 166 Å². The van der Waals surface area contributed by atoms with Gasteiger partial charge in [-0.25, -0.2) is 5.26 Å². The topological polar surface area (TPSA) is 404 Å². The summed E-state index contributed by atoms with van der Waals surface area (Å²) in [5.41, 5.74) is 0.867. The van der Waals surface area contributed by atoms with Crippen molar-refractivity contribution in [3.63, 3.8) is 0 Å². The Kier molecular flexibility index (Phi) is 18.7. The van der Waals surface area contributed by atoms with E-state index in [-0.39, 0.29) is 73.1 Å². The lowest BCUT2D eigenvalue weighted by Gasteiger charge is -2.14. The third-order valence-electron chi connectivity index (χ3n) is 7.51. The second-order valence-electron chi connectivity index (χ2n) is 12.3. The Balaban J connectivity index is 1.62. The number of nitrogens with one attached hydrogen (secondary N) is 6. The lowest BCUT2D eigenvalue weighted by atomic mass is 10.1. The van der Waals surface area contributed by atoms with Crippen molar-refractivity contribution in [3.05, 3.63) is 47.5 Å². The van der Waals surface area contributed by atoms with Gasteiger partial charge in [-0.1, -0.05) is 29.3 Å². The lowest BCUT2D eigenvalue weighted by molar-refractivity contribution is -0.432. The molecule has 4 rings (SSSR count). The third kappa shape index (κ3) is 15.4. The number of benzene rings is 2. The minimum atomic E-state index is -4.85. The van der Waals surface area contributed by atoms with Crippen LogP contribution in [0.25, 0.3) is 12.2 Å². The van der Waals surface area contributed by atoms with Crippen molar-refractivity contribution in [3.8, 4) is 0 Å².